The summed E-state index contributed by atoms with van der Waals surface area (Å²) in [6.07, 6.45) is 0. The molecule has 0 amide bonds. The van der Waals surface area contributed by atoms with E-state index >= 15 is 0 Å². The summed E-state index contributed by atoms with van der Waals surface area (Å²) in [5, 5.41) is 0. The molecule has 0 aliphatic heterocycles. The van der Waals surface area contributed by atoms with E-state index in [1.165, 1.54) is 0 Å². The molecule has 0 spiro atoms. The lowest BCUT2D eigenvalue weighted by Crippen LogP contribution is -2.06. The minimum Gasteiger partial charge on any atom is -0.462 e. The number of rotatable bonds is 4. The maximum Gasteiger partial charge on any atom is 0.344 e. The van der Waals surface area contributed by atoms with Gasteiger partial charge >= 0.3 is 5.97 Å². The van der Waals surface area contributed by atoms with E-state index in [2.05, 4.69) is 6.58 Å². The molecular weight excluding hydrogens is 240 g/mol. The van der Waals surface area contributed by atoms with Crippen LogP contribution < -0.4 is 0 Å². The van der Waals surface area contributed by atoms with Gasteiger partial charge in [0.1, 0.15) is 0 Å². The Morgan fingerprint density at radius 1 is 1.44 bits per heavy atom. The van der Waals surface area contributed by atoms with Crippen molar-refractivity contribution in [2.75, 3.05) is 6.61 Å². The van der Waals surface area contributed by atoms with E-state index < -0.39 is 5.97 Å². The van der Waals surface area contributed by atoms with Crippen LogP contribution in [-0.4, -0.2) is 16.8 Å². The molecule has 84 valence electrons. The van der Waals surface area contributed by atoms with Gasteiger partial charge in [0.05, 0.1) is 15.7 Å². The van der Waals surface area contributed by atoms with Crippen molar-refractivity contribution in [3.8, 4) is 0 Å². The van der Waals surface area contributed by atoms with Crippen LogP contribution in [0.15, 0.2) is 41.8 Å². The minimum absolute atomic E-state index is 0.315. The summed E-state index contributed by atoms with van der Waals surface area (Å²) in [5.74, 6) is -0.411. The molecule has 0 saturated carbocycles. The van der Waals surface area contributed by atoms with Gasteiger partial charge in [0.2, 0.25) is 0 Å². The van der Waals surface area contributed by atoms with Gasteiger partial charge in [-0.3, -0.25) is 0 Å². The molecule has 0 aliphatic carbocycles. The van der Waals surface area contributed by atoms with Crippen LogP contribution in [0.3, 0.4) is 0 Å². The number of carbonyl (C=O) groups is 1. The van der Waals surface area contributed by atoms with Crippen LogP contribution >= 0.6 is 24.0 Å². The van der Waals surface area contributed by atoms with Gasteiger partial charge in [0.25, 0.3) is 0 Å². The average Bonchev–Trinajstić information content (AvgIpc) is 2.30. The van der Waals surface area contributed by atoms with Gasteiger partial charge in [0.15, 0.2) is 0 Å². The molecule has 0 bridgehead atoms. The first-order valence-electron chi connectivity index (χ1n) is 4.78. The Labute approximate surface area is 105 Å². The zero-order valence-corrected chi connectivity index (χ0v) is 10.6. The van der Waals surface area contributed by atoms with Crippen molar-refractivity contribution in [2.24, 2.45) is 0 Å². The Morgan fingerprint density at radius 3 is 2.62 bits per heavy atom. The summed E-state index contributed by atoms with van der Waals surface area (Å²) < 4.78 is 5.45. The van der Waals surface area contributed by atoms with Crippen molar-refractivity contribution in [3.63, 3.8) is 0 Å². The van der Waals surface area contributed by atoms with Crippen molar-refractivity contribution < 1.29 is 9.53 Å². The highest BCUT2D eigenvalue weighted by Gasteiger charge is 2.12. The second-order valence-electron chi connectivity index (χ2n) is 2.90. The summed E-state index contributed by atoms with van der Waals surface area (Å²) >= 11 is 6.36. The normalized spacial score (nSPS) is 9.56. The molecule has 1 rings (SSSR count). The lowest BCUT2D eigenvalue weighted by atomic mass is 10.2. The van der Waals surface area contributed by atoms with E-state index in [1.54, 1.807) is 6.92 Å². The number of carbonyl (C=O) groups excluding carboxylic acids is 1. The smallest absolute Gasteiger partial charge is 0.344 e. The molecule has 0 heterocycles. The molecule has 0 atom stereocenters. The van der Waals surface area contributed by atoms with Crippen LogP contribution in [-0.2, 0) is 9.53 Å². The first-order valence-corrected chi connectivity index (χ1v) is 6.01. The Kier molecular flexibility index (Phi) is 5.22. The van der Waals surface area contributed by atoms with Crippen molar-refractivity contribution in [2.45, 2.75) is 6.92 Å². The molecule has 16 heavy (non-hydrogen) atoms. The highest BCUT2D eigenvalue weighted by atomic mass is 32.2. The van der Waals surface area contributed by atoms with Crippen LogP contribution in [0.2, 0.25) is 0 Å². The molecule has 2 nitrogen and oxygen atoms in total. The predicted molar refractivity (Wildman–Crippen MR) is 71.5 cm³/mol. The first kappa shape index (κ1) is 12.9. The molecule has 0 aromatic heterocycles. The van der Waals surface area contributed by atoms with Crippen molar-refractivity contribution in [1.82, 2.24) is 0 Å². The van der Waals surface area contributed by atoms with Crippen molar-refractivity contribution >= 4 is 34.1 Å². The van der Waals surface area contributed by atoms with Crippen LogP contribution in [0.1, 0.15) is 12.5 Å². The third-order valence-corrected chi connectivity index (χ3v) is 3.05. The quantitative estimate of drug-likeness (QED) is 0.467. The molecule has 1 aromatic carbocycles. The second kappa shape index (κ2) is 6.45. The van der Waals surface area contributed by atoms with Gasteiger partial charge in [-0.1, -0.05) is 60.9 Å². The van der Waals surface area contributed by atoms with Gasteiger partial charge in [-0.05, 0) is 12.5 Å². The van der Waals surface area contributed by atoms with Gasteiger partial charge in [-0.2, -0.15) is 0 Å². The van der Waals surface area contributed by atoms with E-state index in [0.717, 1.165) is 17.3 Å². The molecule has 0 unspecified atom stereocenters. The minimum atomic E-state index is -0.411. The zero-order valence-electron chi connectivity index (χ0n) is 8.93. The molecule has 0 N–H and O–H groups in total. The zero-order chi connectivity index (χ0) is 12.0. The summed E-state index contributed by atoms with van der Waals surface area (Å²) in [7, 11) is 0. The number of ether oxygens (including phenoxy) is 1. The van der Waals surface area contributed by atoms with Crippen molar-refractivity contribution in [3.05, 3.63) is 47.4 Å². The number of thioether (sulfide) groups is 1. The maximum absolute atomic E-state index is 11.3. The van der Waals surface area contributed by atoms with E-state index in [1.807, 2.05) is 30.3 Å². The summed E-state index contributed by atoms with van der Waals surface area (Å²) in [6, 6.07) is 9.50. The highest BCUT2D eigenvalue weighted by Crippen LogP contribution is 2.22. The van der Waals surface area contributed by atoms with Gasteiger partial charge in [0, 0.05) is 0 Å². The van der Waals surface area contributed by atoms with E-state index in [9.17, 15) is 4.79 Å². The monoisotopic (exact) mass is 252 g/mol. The van der Waals surface area contributed by atoms with E-state index in [4.69, 9.17) is 17.0 Å². The molecular formula is C12H12O2S2. The summed E-state index contributed by atoms with van der Waals surface area (Å²) in [5.41, 5.74) is 0.910. The van der Waals surface area contributed by atoms with Crippen molar-refractivity contribution in [1.29, 1.82) is 0 Å². The topological polar surface area (TPSA) is 26.3 Å². The van der Waals surface area contributed by atoms with Crippen LogP contribution in [0.4, 0.5) is 0 Å². The number of esters is 1. The second-order valence-corrected chi connectivity index (χ2v) is 4.67. The molecule has 0 radical (unpaired) electrons. The predicted octanol–water partition coefficient (Wildman–Crippen LogP) is 3.17. The first-order chi connectivity index (χ1) is 7.65. The third-order valence-electron chi connectivity index (χ3n) is 1.73. The average molecular weight is 252 g/mol. The molecule has 0 aliphatic rings. The fraction of sp³-hybridized carbons (Fsp3) is 0.167. The standard InChI is InChI=1S/C12H12O2S2/c1-3-14-11(13)9(2)16-12(15)10-7-5-4-6-8-10/h4-8H,2-3H2,1H3. The summed E-state index contributed by atoms with van der Waals surface area (Å²) in [4.78, 5) is 11.6. The van der Waals surface area contributed by atoms with Crippen LogP contribution in [0, 0.1) is 0 Å². The van der Waals surface area contributed by atoms with Gasteiger partial charge < -0.3 is 4.74 Å². The van der Waals surface area contributed by atoms with Crippen LogP contribution in [0.5, 0.6) is 0 Å². The lowest BCUT2D eigenvalue weighted by Gasteiger charge is -2.05. The number of benzene rings is 1. The van der Waals surface area contributed by atoms with E-state index in [0.29, 0.717) is 15.7 Å². The Hall–Kier alpha value is -1.13. The Balaban J connectivity index is 2.59. The largest absolute Gasteiger partial charge is 0.462 e. The van der Waals surface area contributed by atoms with Gasteiger partial charge in [-0.25, -0.2) is 4.79 Å². The number of hydrogen-bond donors (Lipinski definition) is 0. The number of thiocarbonyl (C=S) groups is 1. The SMILES string of the molecule is C=C(SC(=S)c1ccccc1)C(=O)OCC. The maximum atomic E-state index is 11.3. The summed E-state index contributed by atoms with van der Waals surface area (Å²) in [6.45, 7) is 5.74. The lowest BCUT2D eigenvalue weighted by molar-refractivity contribution is -0.137. The van der Waals surface area contributed by atoms with Gasteiger partial charge in [-0.15, -0.1) is 0 Å². The fourth-order valence-corrected chi connectivity index (χ4v) is 2.06. The Morgan fingerprint density at radius 2 is 2.06 bits per heavy atom. The molecule has 0 saturated heterocycles. The fourth-order valence-electron chi connectivity index (χ4n) is 0.998. The third kappa shape index (κ3) is 3.79. The number of hydrogen-bond acceptors (Lipinski definition) is 4. The Bertz CT molecular complexity index is 399. The van der Waals surface area contributed by atoms with Crippen LogP contribution in [0.25, 0.3) is 0 Å². The molecule has 4 heteroatoms. The molecule has 0 fully saturated rings. The molecule has 1 aromatic rings. The van der Waals surface area contributed by atoms with E-state index in [-0.39, 0.29) is 0 Å². The highest BCUT2D eigenvalue weighted by molar-refractivity contribution is 8.26.